The molecule has 0 aromatic carbocycles. The number of anilines is 4. The Balaban J connectivity index is 1.30. The van der Waals surface area contributed by atoms with Crippen LogP contribution in [0.25, 0.3) is 0 Å². The first-order valence-corrected chi connectivity index (χ1v) is 9.84. The molecule has 28 heavy (non-hydrogen) atoms. The lowest BCUT2D eigenvalue weighted by atomic mass is 10.2. The van der Waals surface area contributed by atoms with Crippen molar-refractivity contribution in [1.29, 1.82) is 0 Å². The van der Waals surface area contributed by atoms with Crippen molar-refractivity contribution in [3.8, 4) is 0 Å². The van der Waals surface area contributed by atoms with Crippen LogP contribution >= 0.6 is 0 Å². The number of rotatable bonds is 4. The number of halogens is 1. The van der Waals surface area contributed by atoms with Gasteiger partial charge in [0.2, 0.25) is 5.95 Å². The van der Waals surface area contributed by atoms with Gasteiger partial charge in [-0.2, -0.15) is 4.98 Å². The average molecular weight is 385 g/mol. The maximum Gasteiger partial charge on any atom is 0.229 e. The van der Waals surface area contributed by atoms with Crippen molar-refractivity contribution in [3.63, 3.8) is 0 Å². The number of aromatic nitrogens is 3. The van der Waals surface area contributed by atoms with Gasteiger partial charge >= 0.3 is 0 Å². The van der Waals surface area contributed by atoms with Crippen LogP contribution in [0.2, 0.25) is 0 Å². The number of aliphatic hydroxyl groups is 1. The molecule has 8 nitrogen and oxygen atoms in total. The summed E-state index contributed by atoms with van der Waals surface area (Å²) in [6.45, 7) is 2.91. The van der Waals surface area contributed by atoms with Crippen molar-refractivity contribution in [2.24, 2.45) is 0 Å². The van der Waals surface area contributed by atoms with Crippen molar-refractivity contribution in [2.75, 3.05) is 41.3 Å². The quantitative estimate of drug-likeness (QED) is 0.725. The van der Waals surface area contributed by atoms with E-state index in [1.807, 2.05) is 6.07 Å². The molecule has 1 unspecified atom stereocenters. The minimum Gasteiger partial charge on any atom is -0.391 e. The van der Waals surface area contributed by atoms with Crippen LogP contribution in [-0.2, 0) is 0 Å². The molecule has 3 aliphatic rings. The van der Waals surface area contributed by atoms with Crippen LogP contribution in [0, 0.1) is 5.82 Å². The van der Waals surface area contributed by atoms with E-state index in [4.69, 9.17) is 0 Å². The lowest BCUT2D eigenvalue weighted by molar-refractivity contribution is 0.198. The third-order valence-corrected chi connectivity index (χ3v) is 5.72. The fraction of sp³-hybridized carbons (Fsp3) is 0.526. The van der Waals surface area contributed by atoms with Crippen molar-refractivity contribution in [1.82, 2.24) is 20.3 Å². The Bertz CT molecular complexity index is 854. The van der Waals surface area contributed by atoms with Crippen molar-refractivity contribution >= 4 is 23.3 Å². The van der Waals surface area contributed by atoms with Crippen LogP contribution in [-0.4, -0.2) is 64.4 Å². The van der Waals surface area contributed by atoms with E-state index in [0.717, 1.165) is 18.9 Å². The summed E-state index contributed by atoms with van der Waals surface area (Å²) in [5, 5.41) is 16.3. The molecule has 3 aliphatic heterocycles. The summed E-state index contributed by atoms with van der Waals surface area (Å²) in [5.41, 5.74) is 0.499. The van der Waals surface area contributed by atoms with Crippen LogP contribution < -0.4 is 20.4 Å². The van der Waals surface area contributed by atoms with Gasteiger partial charge in [-0.15, -0.1) is 0 Å². The molecular formula is C19H24FN7O. The van der Waals surface area contributed by atoms with E-state index in [0.29, 0.717) is 43.2 Å². The highest BCUT2D eigenvalue weighted by Crippen LogP contribution is 2.26. The lowest BCUT2D eigenvalue weighted by Gasteiger charge is -2.33. The van der Waals surface area contributed by atoms with Crippen molar-refractivity contribution in [2.45, 2.75) is 37.5 Å². The second kappa shape index (κ2) is 7.14. The summed E-state index contributed by atoms with van der Waals surface area (Å²) in [5.74, 6) is 1.16. The van der Waals surface area contributed by atoms with Crippen LogP contribution in [0.15, 0.2) is 24.5 Å². The summed E-state index contributed by atoms with van der Waals surface area (Å²) in [6, 6.07) is 4.37. The molecule has 2 aromatic heterocycles. The Hall–Kier alpha value is -2.52. The summed E-state index contributed by atoms with van der Waals surface area (Å²) in [7, 11) is 0. The van der Waals surface area contributed by atoms with E-state index in [1.165, 1.54) is 18.9 Å². The highest BCUT2D eigenvalue weighted by atomic mass is 19.1. The molecule has 0 amide bonds. The molecule has 0 saturated carbocycles. The van der Waals surface area contributed by atoms with Crippen LogP contribution in [0.1, 0.15) is 19.3 Å². The molecule has 0 aliphatic carbocycles. The molecule has 0 spiro atoms. The Kier molecular flexibility index (Phi) is 4.48. The van der Waals surface area contributed by atoms with E-state index in [9.17, 15) is 9.50 Å². The van der Waals surface area contributed by atoms with Crippen LogP contribution in [0.3, 0.4) is 0 Å². The van der Waals surface area contributed by atoms with E-state index in [2.05, 4.69) is 30.5 Å². The number of β-amino-alcohol motifs (C(OH)–C–C–N with tert-alkyl or cyclic N) is 1. The average Bonchev–Trinajstić information content (AvgIpc) is 3.27. The molecule has 148 valence electrons. The van der Waals surface area contributed by atoms with Gasteiger partial charge in [0, 0.05) is 50.5 Å². The van der Waals surface area contributed by atoms with E-state index in [-0.39, 0.29) is 5.82 Å². The van der Waals surface area contributed by atoms with Crippen LogP contribution in [0.4, 0.5) is 27.7 Å². The van der Waals surface area contributed by atoms with Gasteiger partial charge in [-0.3, -0.25) is 0 Å². The molecule has 0 radical (unpaired) electrons. The van der Waals surface area contributed by atoms with Gasteiger partial charge in [0.25, 0.3) is 0 Å². The Labute approximate surface area is 162 Å². The summed E-state index contributed by atoms with van der Waals surface area (Å²) >= 11 is 0. The number of fused-ring (bicyclic) bond motifs is 2. The van der Waals surface area contributed by atoms with E-state index in [1.54, 1.807) is 17.3 Å². The number of hydrogen-bond acceptors (Lipinski definition) is 8. The third-order valence-electron chi connectivity index (χ3n) is 5.72. The van der Waals surface area contributed by atoms with Gasteiger partial charge in [-0.1, -0.05) is 0 Å². The monoisotopic (exact) mass is 385 g/mol. The normalized spacial score (nSPS) is 26.7. The standard InChI is InChI=1S/C19H24FN7O/c20-16-7-14(8-22-18(16)26-6-4-15(28)11-26)24-19-21-5-3-17(25-19)27-9-12-1-2-13(10-27)23-12/h3,5,7-8,12-13,15,23,28H,1-2,4,6,9-11H2,(H,21,24,25)/t12-,13+,15?. The Morgan fingerprint density at radius 3 is 2.64 bits per heavy atom. The van der Waals surface area contributed by atoms with Crippen molar-refractivity contribution < 1.29 is 9.50 Å². The predicted octanol–water partition coefficient (Wildman–Crippen LogP) is 1.27. The third kappa shape index (κ3) is 3.47. The summed E-state index contributed by atoms with van der Waals surface area (Å²) in [4.78, 5) is 17.2. The molecule has 5 rings (SSSR count). The molecular weight excluding hydrogens is 361 g/mol. The first kappa shape index (κ1) is 17.6. The van der Waals surface area contributed by atoms with Gasteiger partial charge in [-0.25, -0.2) is 14.4 Å². The lowest BCUT2D eigenvalue weighted by Crippen LogP contribution is -2.51. The number of pyridine rings is 1. The molecule has 3 saturated heterocycles. The van der Waals surface area contributed by atoms with Crippen molar-refractivity contribution in [3.05, 3.63) is 30.3 Å². The first-order valence-electron chi connectivity index (χ1n) is 9.84. The molecule has 3 fully saturated rings. The second-order valence-electron chi connectivity index (χ2n) is 7.82. The Morgan fingerprint density at radius 1 is 1.11 bits per heavy atom. The van der Waals surface area contributed by atoms with E-state index >= 15 is 0 Å². The highest BCUT2D eigenvalue weighted by molar-refractivity contribution is 5.57. The zero-order chi connectivity index (χ0) is 19.1. The fourth-order valence-corrected chi connectivity index (χ4v) is 4.36. The van der Waals surface area contributed by atoms with Gasteiger partial charge < -0.3 is 25.5 Å². The molecule has 2 bridgehead atoms. The molecule has 3 N–H and O–H groups in total. The summed E-state index contributed by atoms with van der Waals surface area (Å²) < 4.78 is 14.5. The number of nitrogens with zero attached hydrogens (tertiary/aromatic N) is 5. The topological polar surface area (TPSA) is 89.4 Å². The molecule has 5 heterocycles. The number of nitrogens with one attached hydrogen (secondary N) is 2. The van der Waals surface area contributed by atoms with Gasteiger partial charge in [-0.05, 0) is 25.3 Å². The summed E-state index contributed by atoms with van der Waals surface area (Å²) in [6.07, 6.45) is 5.93. The minimum atomic E-state index is -0.422. The zero-order valence-electron chi connectivity index (χ0n) is 15.6. The van der Waals surface area contributed by atoms with Gasteiger partial charge in [0.15, 0.2) is 11.6 Å². The number of piperazine rings is 1. The van der Waals surface area contributed by atoms with Gasteiger partial charge in [0.1, 0.15) is 5.82 Å². The highest BCUT2D eigenvalue weighted by Gasteiger charge is 2.32. The SMILES string of the molecule is OC1CCN(c2ncc(Nc3nccc(N4C[C@H]5CC[C@@H](C4)N5)n3)cc2F)C1. The van der Waals surface area contributed by atoms with E-state index < -0.39 is 11.9 Å². The Morgan fingerprint density at radius 2 is 1.93 bits per heavy atom. The largest absolute Gasteiger partial charge is 0.391 e. The number of aliphatic hydroxyl groups excluding tert-OH is 1. The predicted molar refractivity (Wildman–Crippen MR) is 105 cm³/mol. The minimum absolute atomic E-state index is 0.271. The van der Waals surface area contributed by atoms with Crippen LogP contribution in [0.5, 0.6) is 0 Å². The molecule has 2 aromatic rings. The first-order chi connectivity index (χ1) is 13.6. The zero-order valence-corrected chi connectivity index (χ0v) is 15.6. The van der Waals surface area contributed by atoms with Gasteiger partial charge in [0.05, 0.1) is 18.0 Å². The maximum absolute atomic E-state index is 14.5. The second-order valence-corrected chi connectivity index (χ2v) is 7.82. The maximum atomic E-state index is 14.5. The smallest absolute Gasteiger partial charge is 0.229 e. The molecule has 9 heteroatoms. The number of hydrogen-bond donors (Lipinski definition) is 3. The molecule has 3 atom stereocenters. The fourth-order valence-electron chi connectivity index (χ4n) is 4.36.